The third kappa shape index (κ3) is 2.96. The molecule has 0 saturated carbocycles. The van der Waals surface area contributed by atoms with Gasteiger partial charge in [0.2, 0.25) is 0 Å². The molecule has 9 heteroatoms. The highest BCUT2D eigenvalue weighted by Crippen LogP contribution is 2.20. The van der Waals surface area contributed by atoms with Crippen LogP contribution < -0.4 is 0 Å². The monoisotopic (exact) mass is 330 g/mol. The Hall–Kier alpha value is -3.23. The number of amides is 1. The van der Waals surface area contributed by atoms with Crippen molar-refractivity contribution in [2.24, 2.45) is 5.92 Å². The number of hydrogen-bond acceptors (Lipinski definition) is 5. The van der Waals surface area contributed by atoms with Crippen molar-refractivity contribution < 1.29 is 19.6 Å². The van der Waals surface area contributed by atoms with E-state index in [9.17, 15) is 19.7 Å². The predicted molar refractivity (Wildman–Crippen MR) is 81.9 cm³/mol. The molecule has 1 aromatic carbocycles. The number of rotatable bonds is 4. The van der Waals surface area contributed by atoms with Gasteiger partial charge in [-0.15, -0.1) is 0 Å². The van der Waals surface area contributed by atoms with E-state index < -0.39 is 16.8 Å². The quantitative estimate of drug-likeness (QED) is 0.667. The molecule has 1 N–H and O–H groups in total. The SMILES string of the molecule is O=C(O)C1CCN(C(=O)c2cnn(-c3ccc([N+](=O)[O-])cc3)c2)C1. The highest BCUT2D eigenvalue weighted by atomic mass is 16.6. The maximum Gasteiger partial charge on any atom is 0.308 e. The lowest BCUT2D eigenvalue weighted by molar-refractivity contribution is -0.384. The summed E-state index contributed by atoms with van der Waals surface area (Å²) in [4.78, 5) is 35.0. The van der Waals surface area contributed by atoms with Crippen molar-refractivity contribution >= 4 is 17.6 Å². The van der Waals surface area contributed by atoms with Crippen LogP contribution in [-0.4, -0.2) is 49.7 Å². The summed E-state index contributed by atoms with van der Waals surface area (Å²) in [5.41, 5.74) is 0.905. The second kappa shape index (κ2) is 6.11. The van der Waals surface area contributed by atoms with Crippen LogP contribution in [0.5, 0.6) is 0 Å². The molecular formula is C15H14N4O5. The van der Waals surface area contributed by atoms with Crippen LogP contribution in [-0.2, 0) is 4.79 Å². The highest BCUT2D eigenvalue weighted by Gasteiger charge is 2.31. The third-order valence-electron chi connectivity index (χ3n) is 3.98. The minimum absolute atomic E-state index is 0.0287. The van der Waals surface area contributed by atoms with Crippen LogP contribution >= 0.6 is 0 Å². The number of nitro benzene ring substituents is 1. The summed E-state index contributed by atoms with van der Waals surface area (Å²) in [5.74, 6) is -1.70. The summed E-state index contributed by atoms with van der Waals surface area (Å²) < 4.78 is 1.45. The number of nitrogens with zero attached hydrogens (tertiary/aromatic N) is 4. The summed E-state index contributed by atoms with van der Waals surface area (Å²) in [6.45, 7) is 0.593. The van der Waals surface area contributed by atoms with Crippen molar-refractivity contribution in [2.45, 2.75) is 6.42 Å². The largest absolute Gasteiger partial charge is 0.481 e. The molecule has 0 aliphatic carbocycles. The molecule has 0 radical (unpaired) electrons. The molecular weight excluding hydrogens is 316 g/mol. The molecule has 1 aliphatic heterocycles. The Morgan fingerprint density at radius 2 is 2.00 bits per heavy atom. The van der Waals surface area contributed by atoms with Crippen molar-refractivity contribution in [1.82, 2.24) is 14.7 Å². The first-order chi connectivity index (χ1) is 11.5. The fraction of sp³-hybridized carbons (Fsp3) is 0.267. The fourth-order valence-electron chi connectivity index (χ4n) is 2.63. The van der Waals surface area contributed by atoms with Gasteiger partial charge in [-0.1, -0.05) is 0 Å². The first-order valence-electron chi connectivity index (χ1n) is 7.27. The number of benzene rings is 1. The highest BCUT2D eigenvalue weighted by molar-refractivity contribution is 5.94. The molecule has 2 aromatic rings. The standard InChI is InChI=1S/C15H14N4O5/c20-14(17-6-5-10(8-17)15(21)22)11-7-16-18(9-11)12-1-3-13(4-2-12)19(23)24/h1-4,7,9-10H,5-6,8H2,(H,21,22). The third-order valence-corrected chi connectivity index (χ3v) is 3.98. The van der Waals surface area contributed by atoms with Gasteiger partial charge in [-0.25, -0.2) is 4.68 Å². The average molecular weight is 330 g/mol. The molecule has 2 heterocycles. The van der Waals surface area contributed by atoms with Crippen molar-refractivity contribution in [3.05, 3.63) is 52.3 Å². The maximum absolute atomic E-state index is 12.4. The second-order valence-electron chi connectivity index (χ2n) is 5.52. The Morgan fingerprint density at radius 1 is 1.29 bits per heavy atom. The maximum atomic E-state index is 12.4. The van der Waals surface area contributed by atoms with Gasteiger partial charge < -0.3 is 10.0 Å². The summed E-state index contributed by atoms with van der Waals surface area (Å²) in [7, 11) is 0. The molecule has 0 spiro atoms. The van der Waals surface area contributed by atoms with E-state index in [-0.39, 0.29) is 18.1 Å². The average Bonchev–Trinajstić information content (AvgIpc) is 3.24. The zero-order valence-electron chi connectivity index (χ0n) is 12.5. The molecule has 1 unspecified atom stereocenters. The van der Waals surface area contributed by atoms with Gasteiger partial charge in [0.1, 0.15) is 0 Å². The smallest absolute Gasteiger partial charge is 0.308 e. The minimum Gasteiger partial charge on any atom is -0.481 e. The van der Waals surface area contributed by atoms with Crippen LogP contribution in [0.15, 0.2) is 36.7 Å². The van der Waals surface area contributed by atoms with Crippen LogP contribution in [0.1, 0.15) is 16.8 Å². The van der Waals surface area contributed by atoms with Crippen molar-refractivity contribution in [1.29, 1.82) is 0 Å². The second-order valence-corrected chi connectivity index (χ2v) is 5.52. The number of aliphatic carboxylic acids is 1. The van der Waals surface area contributed by atoms with Crippen LogP contribution in [0.4, 0.5) is 5.69 Å². The lowest BCUT2D eigenvalue weighted by Gasteiger charge is -2.14. The molecule has 1 atom stereocenters. The van der Waals surface area contributed by atoms with Gasteiger partial charge >= 0.3 is 5.97 Å². The first kappa shape index (κ1) is 15.7. The van der Waals surface area contributed by atoms with Crippen LogP contribution in [0.25, 0.3) is 5.69 Å². The van der Waals surface area contributed by atoms with Gasteiger partial charge in [0.25, 0.3) is 11.6 Å². The number of nitro groups is 1. The number of carboxylic acid groups (broad SMARTS) is 1. The number of carboxylic acids is 1. The van der Waals surface area contributed by atoms with Gasteiger partial charge in [0.15, 0.2) is 0 Å². The molecule has 1 fully saturated rings. The van der Waals surface area contributed by atoms with Crippen LogP contribution in [0.2, 0.25) is 0 Å². The number of carbonyl (C=O) groups excluding carboxylic acids is 1. The number of aromatic nitrogens is 2. The molecule has 1 aromatic heterocycles. The summed E-state index contributed by atoms with van der Waals surface area (Å²) in [6, 6.07) is 5.79. The topological polar surface area (TPSA) is 119 Å². The lowest BCUT2D eigenvalue weighted by Crippen LogP contribution is -2.29. The fourth-order valence-corrected chi connectivity index (χ4v) is 2.63. The van der Waals surface area contributed by atoms with Gasteiger partial charge in [0, 0.05) is 31.4 Å². The summed E-state index contributed by atoms with van der Waals surface area (Å²) >= 11 is 0. The van der Waals surface area contributed by atoms with Crippen molar-refractivity contribution in [3.8, 4) is 5.69 Å². The first-order valence-corrected chi connectivity index (χ1v) is 7.27. The van der Waals surface area contributed by atoms with Crippen molar-refractivity contribution in [3.63, 3.8) is 0 Å². The van der Waals surface area contributed by atoms with Gasteiger partial charge in [0.05, 0.1) is 28.3 Å². The molecule has 24 heavy (non-hydrogen) atoms. The molecule has 9 nitrogen and oxygen atoms in total. The van der Waals surface area contributed by atoms with Crippen LogP contribution in [0.3, 0.4) is 0 Å². The Balaban J connectivity index is 1.74. The molecule has 0 bridgehead atoms. The van der Waals surface area contributed by atoms with E-state index in [2.05, 4.69) is 5.10 Å². The zero-order chi connectivity index (χ0) is 17.3. The van der Waals surface area contributed by atoms with E-state index in [1.165, 1.54) is 46.2 Å². The Labute approximate surface area is 136 Å². The summed E-state index contributed by atoms with van der Waals surface area (Å²) in [5, 5.41) is 23.7. The number of non-ortho nitro benzene ring substituents is 1. The molecule has 1 amide bonds. The number of carbonyl (C=O) groups is 2. The number of likely N-dealkylation sites (tertiary alicyclic amines) is 1. The van der Waals surface area contributed by atoms with Crippen molar-refractivity contribution in [2.75, 3.05) is 13.1 Å². The molecule has 1 saturated heterocycles. The summed E-state index contributed by atoms with van der Waals surface area (Å²) in [6.07, 6.45) is 3.37. The van der Waals surface area contributed by atoms with E-state index in [4.69, 9.17) is 5.11 Å². The normalized spacial score (nSPS) is 17.0. The Kier molecular flexibility index (Phi) is 3.98. The van der Waals surface area contributed by atoms with E-state index in [1.807, 2.05) is 0 Å². The van der Waals surface area contributed by atoms with Gasteiger partial charge in [-0.05, 0) is 18.6 Å². The lowest BCUT2D eigenvalue weighted by atomic mass is 10.1. The van der Waals surface area contributed by atoms with E-state index in [1.54, 1.807) is 0 Å². The minimum atomic E-state index is -0.896. The Bertz CT molecular complexity index is 798. The van der Waals surface area contributed by atoms with Gasteiger partial charge in [-0.2, -0.15) is 5.10 Å². The van der Waals surface area contributed by atoms with E-state index in [0.717, 1.165) is 0 Å². The van der Waals surface area contributed by atoms with Gasteiger partial charge in [-0.3, -0.25) is 19.7 Å². The van der Waals surface area contributed by atoms with E-state index >= 15 is 0 Å². The zero-order valence-corrected chi connectivity index (χ0v) is 12.5. The Morgan fingerprint density at radius 3 is 2.58 bits per heavy atom. The van der Waals surface area contributed by atoms with E-state index in [0.29, 0.717) is 24.2 Å². The number of hydrogen-bond donors (Lipinski definition) is 1. The molecule has 3 rings (SSSR count). The predicted octanol–water partition coefficient (Wildman–Crippen LogP) is 1.33. The molecule has 1 aliphatic rings. The van der Waals surface area contributed by atoms with Crippen LogP contribution in [0, 0.1) is 16.0 Å². The molecule has 124 valence electrons.